The topological polar surface area (TPSA) is 12.0 Å². The van der Waals surface area contributed by atoms with E-state index < -0.39 is 0 Å². The monoisotopic (exact) mass is 197 g/mol. The van der Waals surface area contributed by atoms with Crippen molar-refractivity contribution < 1.29 is 0 Å². The molecule has 1 atom stereocenters. The summed E-state index contributed by atoms with van der Waals surface area (Å²) in [5.41, 5.74) is 0. The molecule has 0 radical (unpaired) electrons. The number of rotatable bonds is 6. The maximum atomic E-state index is 3.49. The molecular formula is C13H27N. The second-order valence-corrected chi connectivity index (χ2v) is 4.82. The lowest BCUT2D eigenvalue weighted by Crippen LogP contribution is -2.24. The second kappa shape index (κ2) is 7.28. The summed E-state index contributed by atoms with van der Waals surface area (Å²) < 4.78 is 0. The van der Waals surface area contributed by atoms with Gasteiger partial charge in [0.1, 0.15) is 0 Å². The van der Waals surface area contributed by atoms with Crippen LogP contribution in [0.4, 0.5) is 0 Å². The van der Waals surface area contributed by atoms with Gasteiger partial charge in [-0.15, -0.1) is 0 Å². The zero-order chi connectivity index (χ0) is 10.2. The molecule has 0 amide bonds. The van der Waals surface area contributed by atoms with E-state index in [1.54, 1.807) is 0 Å². The van der Waals surface area contributed by atoms with Gasteiger partial charge in [0, 0.05) is 0 Å². The molecule has 0 aromatic rings. The van der Waals surface area contributed by atoms with Crippen molar-refractivity contribution in [3.63, 3.8) is 0 Å². The van der Waals surface area contributed by atoms with Crippen LogP contribution < -0.4 is 5.32 Å². The van der Waals surface area contributed by atoms with Crippen molar-refractivity contribution in [2.24, 2.45) is 11.8 Å². The Bertz CT molecular complexity index is 127. The molecule has 84 valence electrons. The van der Waals surface area contributed by atoms with Gasteiger partial charge >= 0.3 is 0 Å². The number of hydrogen-bond acceptors (Lipinski definition) is 1. The minimum Gasteiger partial charge on any atom is -0.317 e. The van der Waals surface area contributed by atoms with E-state index in [0.717, 1.165) is 18.4 Å². The van der Waals surface area contributed by atoms with Crippen molar-refractivity contribution >= 4 is 0 Å². The fraction of sp³-hybridized carbons (Fsp3) is 1.00. The summed E-state index contributed by atoms with van der Waals surface area (Å²) in [7, 11) is 0. The highest BCUT2D eigenvalue weighted by Crippen LogP contribution is 2.29. The van der Waals surface area contributed by atoms with Crippen molar-refractivity contribution in [3.05, 3.63) is 0 Å². The predicted octanol–water partition coefficient (Wildman–Crippen LogP) is 3.59. The molecule has 1 aliphatic carbocycles. The maximum Gasteiger partial charge on any atom is -0.00206 e. The zero-order valence-corrected chi connectivity index (χ0v) is 10.0. The quantitative estimate of drug-likeness (QED) is 0.686. The van der Waals surface area contributed by atoms with Crippen LogP contribution >= 0.6 is 0 Å². The highest BCUT2D eigenvalue weighted by Gasteiger charge is 2.17. The smallest absolute Gasteiger partial charge is 0.00206 e. The lowest BCUT2D eigenvalue weighted by molar-refractivity contribution is 0.278. The fourth-order valence-electron chi connectivity index (χ4n) is 2.64. The summed E-state index contributed by atoms with van der Waals surface area (Å²) in [6, 6.07) is 0. The minimum absolute atomic E-state index is 0.929. The van der Waals surface area contributed by atoms with E-state index in [4.69, 9.17) is 0 Å². The van der Waals surface area contributed by atoms with Gasteiger partial charge in [-0.25, -0.2) is 0 Å². The molecule has 14 heavy (non-hydrogen) atoms. The molecule has 1 unspecified atom stereocenters. The summed E-state index contributed by atoms with van der Waals surface area (Å²) in [6.45, 7) is 6.91. The summed E-state index contributed by atoms with van der Waals surface area (Å²) in [4.78, 5) is 0. The van der Waals surface area contributed by atoms with E-state index in [9.17, 15) is 0 Å². The van der Waals surface area contributed by atoms with E-state index in [-0.39, 0.29) is 0 Å². The third-order valence-electron chi connectivity index (χ3n) is 3.65. The Balaban J connectivity index is 2.16. The third kappa shape index (κ3) is 4.45. The number of nitrogens with one attached hydrogen (secondary N) is 1. The molecule has 1 aliphatic rings. The molecule has 0 aromatic carbocycles. The normalized spacial score (nSPS) is 21.0. The molecule has 1 fully saturated rings. The summed E-state index contributed by atoms with van der Waals surface area (Å²) in [5, 5.41) is 3.49. The van der Waals surface area contributed by atoms with Gasteiger partial charge < -0.3 is 5.32 Å². The lowest BCUT2D eigenvalue weighted by atomic mass is 9.82. The average molecular weight is 197 g/mol. The molecular weight excluding hydrogens is 170 g/mol. The van der Waals surface area contributed by atoms with Crippen molar-refractivity contribution in [2.45, 2.75) is 58.8 Å². The van der Waals surface area contributed by atoms with Crippen molar-refractivity contribution in [3.8, 4) is 0 Å². The van der Waals surface area contributed by atoms with Gasteiger partial charge in [0.25, 0.3) is 0 Å². The fourth-order valence-corrected chi connectivity index (χ4v) is 2.64. The highest BCUT2D eigenvalue weighted by atomic mass is 14.8. The summed E-state index contributed by atoms with van der Waals surface area (Å²) >= 11 is 0. The van der Waals surface area contributed by atoms with E-state index in [0.29, 0.717) is 0 Å². The van der Waals surface area contributed by atoms with Gasteiger partial charge in [0.15, 0.2) is 0 Å². The van der Waals surface area contributed by atoms with Crippen molar-refractivity contribution in [1.82, 2.24) is 5.32 Å². The van der Waals surface area contributed by atoms with Crippen LogP contribution in [-0.4, -0.2) is 13.1 Å². The van der Waals surface area contributed by atoms with Crippen molar-refractivity contribution in [1.29, 1.82) is 0 Å². The van der Waals surface area contributed by atoms with E-state index in [1.807, 2.05) is 0 Å². The van der Waals surface area contributed by atoms with Gasteiger partial charge in [-0.1, -0.05) is 52.4 Å². The molecule has 0 aromatic heterocycles. The van der Waals surface area contributed by atoms with E-state index in [1.165, 1.54) is 51.5 Å². The molecule has 1 saturated carbocycles. The second-order valence-electron chi connectivity index (χ2n) is 4.82. The molecule has 1 nitrogen and oxygen atoms in total. The van der Waals surface area contributed by atoms with Crippen LogP contribution in [0.1, 0.15) is 58.8 Å². The van der Waals surface area contributed by atoms with Gasteiger partial charge in [-0.2, -0.15) is 0 Å². The Morgan fingerprint density at radius 2 is 1.86 bits per heavy atom. The van der Waals surface area contributed by atoms with Crippen LogP contribution in [0.5, 0.6) is 0 Å². The van der Waals surface area contributed by atoms with Gasteiger partial charge in [-0.05, 0) is 31.3 Å². The minimum atomic E-state index is 0.929. The van der Waals surface area contributed by atoms with Crippen molar-refractivity contribution in [2.75, 3.05) is 13.1 Å². The van der Waals surface area contributed by atoms with Crippen LogP contribution in [0.25, 0.3) is 0 Å². The Kier molecular flexibility index (Phi) is 6.25. The molecule has 1 rings (SSSR count). The van der Waals surface area contributed by atoms with Gasteiger partial charge in [-0.3, -0.25) is 0 Å². The Labute approximate surface area is 89.7 Å². The Morgan fingerprint density at radius 1 is 1.14 bits per heavy atom. The summed E-state index contributed by atoms with van der Waals surface area (Å²) in [5.74, 6) is 1.98. The van der Waals surface area contributed by atoms with Crippen LogP contribution in [0.2, 0.25) is 0 Å². The SMILES string of the molecule is CCNCC(CC)CC1CCCCC1. The predicted molar refractivity (Wildman–Crippen MR) is 63.5 cm³/mol. The molecule has 0 spiro atoms. The first-order valence-electron chi connectivity index (χ1n) is 6.57. The highest BCUT2D eigenvalue weighted by molar-refractivity contribution is 4.71. The van der Waals surface area contributed by atoms with E-state index in [2.05, 4.69) is 19.2 Å². The van der Waals surface area contributed by atoms with Crippen LogP contribution in [0.3, 0.4) is 0 Å². The van der Waals surface area contributed by atoms with Crippen LogP contribution in [-0.2, 0) is 0 Å². The average Bonchev–Trinajstić information content (AvgIpc) is 2.25. The van der Waals surface area contributed by atoms with E-state index >= 15 is 0 Å². The molecule has 0 aliphatic heterocycles. The first-order chi connectivity index (χ1) is 6.86. The Morgan fingerprint density at radius 3 is 2.43 bits per heavy atom. The molecule has 0 saturated heterocycles. The molecule has 1 heteroatoms. The van der Waals surface area contributed by atoms with Crippen LogP contribution in [0.15, 0.2) is 0 Å². The zero-order valence-electron chi connectivity index (χ0n) is 10.0. The first kappa shape index (κ1) is 12.0. The molecule has 0 heterocycles. The molecule has 1 N–H and O–H groups in total. The number of hydrogen-bond donors (Lipinski definition) is 1. The Hall–Kier alpha value is -0.0400. The standard InChI is InChI=1S/C13H27N/c1-3-12(11-14-4-2)10-13-8-6-5-7-9-13/h12-14H,3-11H2,1-2H3. The van der Waals surface area contributed by atoms with Gasteiger partial charge in [0.2, 0.25) is 0 Å². The maximum absolute atomic E-state index is 3.49. The van der Waals surface area contributed by atoms with Crippen LogP contribution in [0, 0.1) is 11.8 Å². The largest absolute Gasteiger partial charge is 0.317 e. The molecule has 0 bridgehead atoms. The first-order valence-corrected chi connectivity index (χ1v) is 6.57. The third-order valence-corrected chi connectivity index (χ3v) is 3.65. The lowest BCUT2D eigenvalue weighted by Gasteiger charge is -2.26. The summed E-state index contributed by atoms with van der Waals surface area (Å²) in [6.07, 6.45) is 10.3. The van der Waals surface area contributed by atoms with Gasteiger partial charge in [0.05, 0.1) is 0 Å².